The molecule has 0 unspecified atom stereocenters. The molecule has 6 aliphatic rings. The van der Waals surface area contributed by atoms with E-state index in [4.69, 9.17) is 4.74 Å². The van der Waals surface area contributed by atoms with Gasteiger partial charge in [0.15, 0.2) is 0 Å². The average molecular weight is 595 g/mol. The molecule has 43 heavy (non-hydrogen) atoms. The predicted octanol–water partition coefficient (Wildman–Crippen LogP) is 8.09. The van der Waals surface area contributed by atoms with Crippen molar-refractivity contribution in [1.29, 1.82) is 0 Å². The van der Waals surface area contributed by atoms with Gasteiger partial charge in [-0.3, -0.25) is 9.59 Å². The Morgan fingerprint density at radius 3 is 2.19 bits per heavy atom. The van der Waals surface area contributed by atoms with Gasteiger partial charge in [-0.1, -0.05) is 54.5 Å². The van der Waals surface area contributed by atoms with Gasteiger partial charge < -0.3 is 14.5 Å². The molecular weight excluding hydrogens is 532 g/mol. The normalized spacial score (nSPS) is 45.7. The van der Waals surface area contributed by atoms with Gasteiger partial charge in [0.05, 0.1) is 11.2 Å². The summed E-state index contributed by atoms with van der Waals surface area (Å²) in [5.74, 6) is 3.88. The first-order valence-electron chi connectivity index (χ1n) is 18.1. The number of ether oxygens (including phenoxy) is 1. The molecule has 0 radical (unpaired) electrons. The molecule has 0 aromatic heterocycles. The van der Waals surface area contributed by atoms with Crippen molar-refractivity contribution in [3.05, 3.63) is 12.3 Å². The largest absolute Gasteiger partial charge is 0.432 e. The van der Waals surface area contributed by atoms with Crippen molar-refractivity contribution < 1.29 is 14.3 Å². The van der Waals surface area contributed by atoms with Crippen molar-refractivity contribution in [2.24, 2.45) is 56.7 Å². The summed E-state index contributed by atoms with van der Waals surface area (Å²) in [5.41, 5.74) is 0.935. The Morgan fingerprint density at radius 2 is 1.51 bits per heavy atom. The number of hydrogen-bond donors (Lipinski definition) is 0. The number of fused-ring (bicyclic) bond motifs is 7. The third kappa shape index (κ3) is 4.62. The van der Waals surface area contributed by atoms with Crippen molar-refractivity contribution >= 4 is 11.9 Å². The Labute approximate surface area is 262 Å². The van der Waals surface area contributed by atoms with E-state index in [0.29, 0.717) is 63.9 Å². The topological polar surface area (TPSA) is 49.9 Å². The second kappa shape index (κ2) is 10.9. The first-order valence-corrected chi connectivity index (χ1v) is 18.1. The summed E-state index contributed by atoms with van der Waals surface area (Å²) in [5, 5.41) is 0. The van der Waals surface area contributed by atoms with Crippen LogP contribution in [0.25, 0.3) is 0 Å². The summed E-state index contributed by atoms with van der Waals surface area (Å²) in [4.78, 5) is 31.9. The standard InChI is InChI=1S/C38H62N2O3/c1-9-39-21-23-40(24-22-39)33(42)38-16-10-11-29(38)28-12-13-31-35(6)17-14-27(25-32(41)43-26(2)3)34(4,5)30(35)15-18-37(31,8)36(28,7)19-20-38/h27-31H,2,9-25H2,1,3-8H3/t27-,28+,29+,30+,31+,35+,36+,37+,38-/m0/s1. The van der Waals surface area contributed by atoms with E-state index in [1.165, 1.54) is 51.4 Å². The molecule has 0 spiro atoms. The van der Waals surface area contributed by atoms with Crippen molar-refractivity contribution in [2.75, 3.05) is 32.7 Å². The van der Waals surface area contributed by atoms with Gasteiger partial charge in [-0.15, -0.1) is 0 Å². The maximum Gasteiger partial charge on any atom is 0.311 e. The number of piperazine rings is 1. The van der Waals surface area contributed by atoms with Gasteiger partial charge in [0.2, 0.25) is 5.91 Å². The first-order chi connectivity index (χ1) is 20.2. The van der Waals surface area contributed by atoms with Crippen molar-refractivity contribution in [3.8, 4) is 0 Å². The van der Waals surface area contributed by atoms with Gasteiger partial charge in [0, 0.05) is 32.6 Å². The lowest BCUT2D eigenvalue weighted by molar-refractivity contribution is -0.241. The van der Waals surface area contributed by atoms with Gasteiger partial charge in [0.25, 0.3) is 0 Å². The second-order valence-electron chi connectivity index (χ2n) is 17.5. The van der Waals surface area contributed by atoms with E-state index in [2.05, 4.69) is 57.9 Å². The average Bonchev–Trinajstić information content (AvgIpc) is 3.39. The molecule has 1 heterocycles. The highest BCUT2D eigenvalue weighted by Crippen LogP contribution is 2.77. The summed E-state index contributed by atoms with van der Waals surface area (Å²) < 4.78 is 5.43. The lowest BCUT2D eigenvalue weighted by Gasteiger charge is -2.73. The van der Waals surface area contributed by atoms with Gasteiger partial charge in [0.1, 0.15) is 0 Å². The van der Waals surface area contributed by atoms with E-state index in [0.717, 1.165) is 52.0 Å². The third-order valence-electron chi connectivity index (χ3n) is 15.8. The van der Waals surface area contributed by atoms with E-state index in [-0.39, 0.29) is 16.8 Å². The van der Waals surface area contributed by atoms with Crippen LogP contribution in [0.4, 0.5) is 0 Å². The highest BCUT2D eigenvalue weighted by atomic mass is 16.5. The molecule has 0 aromatic carbocycles. The molecule has 5 nitrogen and oxygen atoms in total. The number of carbonyl (C=O) groups excluding carboxylic acids is 2. The molecule has 0 N–H and O–H groups in total. The minimum atomic E-state index is -0.105. The zero-order chi connectivity index (χ0) is 31.0. The highest BCUT2D eigenvalue weighted by Gasteiger charge is 2.71. The van der Waals surface area contributed by atoms with Gasteiger partial charge >= 0.3 is 5.97 Å². The molecule has 1 amide bonds. The minimum Gasteiger partial charge on any atom is -0.432 e. The number of carbonyl (C=O) groups is 2. The van der Waals surface area contributed by atoms with E-state index in [1.54, 1.807) is 6.92 Å². The Morgan fingerprint density at radius 1 is 0.791 bits per heavy atom. The SMILES string of the molecule is C=C(C)OC(=O)C[C@@H]1CC[C@]2(C)[C@H](CC[C@]3(C)[C@@H]2CC[C@@H]2[C@H]4CCC[C@]4(C(=O)N4CCN(CC)CC4)CC[C@]23C)C1(C)C. The Hall–Kier alpha value is -1.36. The Balaban J connectivity index is 1.23. The lowest BCUT2D eigenvalue weighted by Crippen LogP contribution is -2.67. The van der Waals surface area contributed by atoms with E-state index < -0.39 is 0 Å². The summed E-state index contributed by atoms with van der Waals surface area (Å²) in [6, 6.07) is 0. The van der Waals surface area contributed by atoms with Gasteiger partial charge in [-0.05, 0) is 129 Å². The van der Waals surface area contributed by atoms with Gasteiger partial charge in [-0.2, -0.15) is 0 Å². The quantitative estimate of drug-likeness (QED) is 0.238. The summed E-state index contributed by atoms with van der Waals surface area (Å²) in [7, 11) is 0. The maximum atomic E-state index is 14.4. The van der Waals surface area contributed by atoms with Crippen LogP contribution in [-0.2, 0) is 14.3 Å². The zero-order valence-electron chi connectivity index (χ0n) is 28.7. The molecule has 9 atom stereocenters. The molecule has 0 bridgehead atoms. The third-order valence-corrected chi connectivity index (χ3v) is 15.8. The number of rotatable bonds is 5. The fourth-order valence-corrected chi connectivity index (χ4v) is 13.4. The summed E-state index contributed by atoms with van der Waals surface area (Å²) in [6.07, 6.45) is 14.0. The fraction of sp³-hybridized carbons (Fsp3) is 0.895. The zero-order valence-corrected chi connectivity index (χ0v) is 28.7. The first kappa shape index (κ1) is 31.6. The van der Waals surface area contributed by atoms with Crippen molar-refractivity contribution in [1.82, 2.24) is 9.80 Å². The molecule has 1 saturated heterocycles. The predicted molar refractivity (Wildman–Crippen MR) is 173 cm³/mol. The molecule has 1 aliphatic heterocycles. The number of likely N-dealkylation sites (N-methyl/N-ethyl adjacent to an activating group) is 1. The molecule has 6 rings (SSSR count). The number of allylic oxidation sites excluding steroid dienone is 1. The summed E-state index contributed by atoms with van der Waals surface area (Å²) in [6.45, 7) is 25.8. The monoisotopic (exact) mass is 594 g/mol. The van der Waals surface area contributed by atoms with Crippen molar-refractivity contribution in [2.45, 2.75) is 126 Å². The van der Waals surface area contributed by atoms with Crippen LogP contribution in [0.3, 0.4) is 0 Å². The van der Waals surface area contributed by atoms with E-state index in [9.17, 15) is 9.59 Å². The molecular formula is C38H62N2O3. The number of amides is 1. The Bertz CT molecular complexity index is 1120. The number of esters is 1. The van der Waals surface area contributed by atoms with Crippen LogP contribution in [0, 0.1) is 56.7 Å². The van der Waals surface area contributed by atoms with Crippen LogP contribution in [0.15, 0.2) is 12.3 Å². The molecule has 5 aliphatic carbocycles. The molecule has 5 saturated carbocycles. The highest BCUT2D eigenvalue weighted by molar-refractivity contribution is 5.84. The van der Waals surface area contributed by atoms with Crippen LogP contribution < -0.4 is 0 Å². The number of hydrogen-bond acceptors (Lipinski definition) is 4. The van der Waals surface area contributed by atoms with Crippen molar-refractivity contribution in [3.63, 3.8) is 0 Å². The van der Waals surface area contributed by atoms with Gasteiger partial charge in [-0.25, -0.2) is 0 Å². The molecule has 5 heteroatoms. The molecule has 0 aromatic rings. The van der Waals surface area contributed by atoms with E-state index >= 15 is 0 Å². The van der Waals surface area contributed by atoms with Crippen LogP contribution in [0.5, 0.6) is 0 Å². The number of nitrogens with zero attached hydrogens (tertiary/aromatic N) is 2. The lowest BCUT2D eigenvalue weighted by atomic mass is 9.32. The smallest absolute Gasteiger partial charge is 0.311 e. The minimum absolute atomic E-state index is 0.0959. The Kier molecular flexibility index (Phi) is 7.99. The van der Waals surface area contributed by atoms with Crippen LogP contribution >= 0.6 is 0 Å². The fourth-order valence-electron chi connectivity index (χ4n) is 13.4. The summed E-state index contributed by atoms with van der Waals surface area (Å²) >= 11 is 0. The van der Waals surface area contributed by atoms with Crippen LogP contribution in [0.1, 0.15) is 126 Å². The van der Waals surface area contributed by atoms with Crippen LogP contribution in [-0.4, -0.2) is 54.4 Å². The van der Waals surface area contributed by atoms with E-state index in [1.807, 2.05) is 0 Å². The maximum absolute atomic E-state index is 14.4. The molecule has 242 valence electrons. The second-order valence-corrected chi connectivity index (χ2v) is 17.5. The molecule has 6 fully saturated rings. The van der Waals surface area contributed by atoms with Crippen LogP contribution in [0.2, 0.25) is 0 Å².